The number of hydrogen-bond acceptors (Lipinski definition) is 4. The Labute approximate surface area is 122 Å². The topological polar surface area (TPSA) is 82.3 Å². The van der Waals surface area contributed by atoms with E-state index in [0.717, 1.165) is 12.8 Å². The summed E-state index contributed by atoms with van der Waals surface area (Å²) in [4.78, 5) is 22.8. The molecule has 0 rings (SSSR count). The highest BCUT2D eigenvalue weighted by Crippen LogP contribution is 1.85. The molecule has 0 aromatic rings. The first-order valence-corrected chi connectivity index (χ1v) is 7.42. The van der Waals surface area contributed by atoms with E-state index < -0.39 is 0 Å². The number of carbonyl (C=O) groups excluding carboxylic acids is 2. The van der Waals surface area contributed by atoms with E-state index in [1.54, 1.807) is 0 Å². The maximum absolute atomic E-state index is 11.4. The van der Waals surface area contributed by atoms with Crippen LogP contribution in [-0.4, -0.2) is 50.1 Å². The Kier molecular flexibility index (Phi) is 11.0. The van der Waals surface area contributed by atoms with Gasteiger partial charge in [0.25, 0.3) is 0 Å². The fourth-order valence-electron chi connectivity index (χ4n) is 1.42. The van der Waals surface area contributed by atoms with E-state index in [4.69, 9.17) is 0 Å². The van der Waals surface area contributed by atoms with E-state index in [0.29, 0.717) is 38.3 Å². The minimum absolute atomic E-state index is 0.0175. The number of nitrogens with one attached hydrogen (secondary N) is 4. The Bertz CT molecular complexity index is 252. The first-order chi connectivity index (χ1) is 9.41. The molecule has 4 N–H and O–H groups in total. The largest absolute Gasteiger partial charge is 0.355 e. The van der Waals surface area contributed by atoms with Gasteiger partial charge in [0.1, 0.15) is 0 Å². The second-order valence-electron chi connectivity index (χ2n) is 5.48. The van der Waals surface area contributed by atoms with Crippen LogP contribution in [-0.2, 0) is 9.59 Å². The summed E-state index contributed by atoms with van der Waals surface area (Å²) in [5.74, 6) is 0.0349. The normalized spacial score (nSPS) is 10.9. The number of hydrogen-bond donors (Lipinski definition) is 4. The van der Waals surface area contributed by atoms with Gasteiger partial charge in [-0.3, -0.25) is 9.59 Å². The molecule has 2 amide bonds. The zero-order chi connectivity index (χ0) is 15.4. The highest BCUT2D eigenvalue weighted by atomic mass is 16.2. The second kappa shape index (κ2) is 11.7. The Morgan fingerprint density at radius 3 is 1.40 bits per heavy atom. The van der Waals surface area contributed by atoms with Crippen molar-refractivity contribution < 1.29 is 9.59 Å². The van der Waals surface area contributed by atoms with E-state index in [1.165, 1.54) is 0 Å². The number of rotatable bonds is 11. The second-order valence-corrected chi connectivity index (χ2v) is 5.48. The molecule has 0 spiro atoms. The first-order valence-electron chi connectivity index (χ1n) is 7.42. The maximum Gasteiger partial charge on any atom is 0.233 e. The monoisotopic (exact) mass is 286 g/mol. The maximum atomic E-state index is 11.4. The first kappa shape index (κ1) is 18.9. The molecule has 0 fully saturated rings. The third-order valence-electron chi connectivity index (χ3n) is 2.59. The summed E-state index contributed by atoms with van der Waals surface area (Å²) < 4.78 is 0. The van der Waals surface area contributed by atoms with Gasteiger partial charge >= 0.3 is 0 Å². The third-order valence-corrected chi connectivity index (χ3v) is 2.59. The fourth-order valence-corrected chi connectivity index (χ4v) is 1.42. The van der Waals surface area contributed by atoms with Crippen LogP contribution in [0, 0.1) is 0 Å². The van der Waals surface area contributed by atoms with Crippen molar-refractivity contribution in [3.05, 3.63) is 0 Å². The van der Waals surface area contributed by atoms with E-state index in [9.17, 15) is 9.59 Å². The van der Waals surface area contributed by atoms with Crippen LogP contribution in [0.2, 0.25) is 0 Å². The zero-order valence-corrected chi connectivity index (χ0v) is 13.2. The van der Waals surface area contributed by atoms with Gasteiger partial charge in [0.2, 0.25) is 11.8 Å². The van der Waals surface area contributed by atoms with Gasteiger partial charge in [0.05, 0.1) is 13.1 Å². The molecule has 0 radical (unpaired) electrons. The van der Waals surface area contributed by atoms with Crippen molar-refractivity contribution in [2.24, 2.45) is 0 Å². The van der Waals surface area contributed by atoms with E-state index in [1.807, 2.05) is 27.7 Å². The van der Waals surface area contributed by atoms with Crippen molar-refractivity contribution in [1.82, 2.24) is 21.3 Å². The van der Waals surface area contributed by atoms with Gasteiger partial charge in [0.15, 0.2) is 0 Å². The molecule has 118 valence electrons. The molecule has 0 aromatic heterocycles. The molecule has 0 unspecified atom stereocenters. The Hall–Kier alpha value is -1.14. The summed E-state index contributed by atoms with van der Waals surface area (Å²) in [7, 11) is 0. The summed E-state index contributed by atoms with van der Waals surface area (Å²) in [6, 6.07) is 0.630. The lowest BCUT2D eigenvalue weighted by atomic mass is 10.3. The van der Waals surface area contributed by atoms with Crippen LogP contribution in [0.5, 0.6) is 0 Å². The molecule has 0 heterocycles. The molecule has 0 aliphatic rings. The highest BCUT2D eigenvalue weighted by Gasteiger charge is 2.02. The Morgan fingerprint density at radius 2 is 1.10 bits per heavy atom. The van der Waals surface area contributed by atoms with E-state index in [2.05, 4.69) is 21.3 Å². The van der Waals surface area contributed by atoms with Crippen molar-refractivity contribution in [1.29, 1.82) is 0 Å². The molecule has 0 aromatic carbocycles. The van der Waals surface area contributed by atoms with Crippen molar-refractivity contribution >= 4 is 11.8 Å². The number of unbranched alkanes of at least 4 members (excludes halogenated alkanes) is 1. The van der Waals surface area contributed by atoms with Gasteiger partial charge in [-0.2, -0.15) is 0 Å². The molecule has 0 saturated carbocycles. The van der Waals surface area contributed by atoms with Crippen molar-refractivity contribution in [3.8, 4) is 0 Å². The van der Waals surface area contributed by atoms with Crippen LogP contribution in [0.3, 0.4) is 0 Å². The third kappa shape index (κ3) is 13.3. The van der Waals surface area contributed by atoms with Crippen LogP contribution < -0.4 is 21.3 Å². The molecule has 6 nitrogen and oxygen atoms in total. The Morgan fingerprint density at radius 1 is 0.750 bits per heavy atom. The molecule has 0 saturated heterocycles. The van der Waals surface area contributed by atoms with Gasteiger partial charge in [-0.05, 0) is 12.8 Å². The summed E-state index contributed by atoms with van der Waals surface area (Å²) in [6.45, 7) is 10.0. The van der Waals surface area contributed by atoms with Crippen molar-refractivity contribution in [2.45, 2.75) is 52.6 Å². The van der Waals surface area contributed by atoms with Crippen LogP contribution in [0.1, 0.15) is 40.5 Å². The van der Waals surface area contributed by atoms with Gasteiger partial charge in [-0.25, -0.2) is 0 Å². The van der Waals surface area contributed by atoms with Crippen LogP contribution in [0.4, 0.5) is 0 Å². The van der Waals surface area contributed by atoms with Crippen LogP contribution in [0.25, 0.3) is 0 Å². The van der Waals surface area contributed by atoms with Gasteiger partial charge in [-0.15, -0.1) is 0 Å². The quantitative estimate of drug-likeness (QED) is 0.403. The summed E-state index contributed by atoms with van der Waals surface area (Å²) >= 11 is 0. The minimum atomic E-state index is 0.0175. The number of amides is 2. The predicted molar refractivity (Wildman–Crippen MR) is 81.5 cm³/mol. The van der Waals surface area contributed by atoms with Crippen molar-refractivity contribution in [2.75, 3.05) is 26.2 Å². The average Bonchev–Trinajstić information content (AvgIpc) is 2.37. The fraction of sp³-hybridized carbons (Fsp3) is 0.857. The molecular weight excluding hydrogens is 256 g/mol. The summed E-state index contributed by atoms with van der Waals surface area (Å²) in [5.41, 5.74) is 0. The molecule has 6 heteroatoms. The average molecular weight is 286 g/mol. The van der Waals surface area contributed by atoms with E-state index in [-0.39, 0.29) is 11.8 Å². The predicted octanol–water partition coefficient (Wildman–Crippen LogP) is -0.00500. The standard InChI is InChI=1S/C14H30N4O2/c1-11(2)17-9-13(19)15-7-5-6-8-16-14(20)10-18-12(3)4/h11-12,17-18H,5-10H2,1-4H3,(H,15,19)(H,16,20). The molecular formula is C14H30N4O2. The van der Waals surface area contributed by atoms with Gasteiger partial charge in [0, 0.05) is 25.2 Å². The lowest BCUT2D eigenvalue weighted by Gasteiger charge is -2.10. The molecule has 0 bridgehead atoms. The Balaban J connectivity index is 3.35. The van der Waals surface area contributed by atoms with E-state index >= 15 is 0 Å². The lowest BCUT2D eigenvalue weighted by Crippen LogP contribution is -2.38. The van der Waals surface area contributed by atoms with Crippen molar-refractivity contribution in [3.63, 3.8) is 0 Å². The van der Waals surface area contributed by atoms with Gasteiger partial charge < -0.3 is 21.3 Å². The zero-order valence-electron chi connectivity index (χ0n) is 13.2. The summed E-state index contributed by atoms with van der Waals surface area (Å²) in [5, 5.41) is 11.8. The highest BCUT2D eigenvalue weighted by molar-refractivity contribution is 5.78. The van der Waals surface area contributed by atoms with Crippen LogP contribution >= 0.6 is 0 Å². The van der Waals surface area contributed by atoms with Gasteiger partial charge in [-0.1, -0.05) is 27.7 Å². The molecule has 0 atom stereocenters. The lowest BCUT2D eigenvalue weighted by molar-refractivity contribution is -0.121. The molecule has 20 heavy (non-hydrogen) atoms. The smallest absolute Gasteiger partial charge is 0.233 e. The molecule has 0 aliphatic carbocycles. The van der Waals surface area contributed by atoms with Crippen LogP contribution in [0.15, 0.2) is 0 Å². The molecule has 0 aliphatic heterocycles. The minimum Gasteiger partial charge on any atom is -0.355 e. The summed E-state index contributed by atoms with van der Waals surface area (Å²) in [6.07, 6.45) is 1.73. The SMILES string of the molecule is CC(C)NCC(=O)NCCCCNC(=O)CNC(C)C. The number of carbonyl (C=O) groups is 2.